The van der Waals surface area contributed by atoms with Gasteiger partial charge < -0.3 is 15.3 Å². The lowest BCUT2D eigenvalue weighted by Crippen LogP contribution is -2.40. The van der Waals surface area contributed by atoms with Crippen molar-refractivity contribution in [3.05, 3.63) is 35.9 Å². The minimum Gasteiger partial charge on any atom is -0.363 e. The second-order valence-electron chi connectivity index (χ2n) is 3.68. The molecule has 0 spiro atoms. The Morgan fingerprint density at radius 3 is 2.81 bits per heavy atom. The predicted molar refractivity (Wildman–Crippen MR) is 62.1 cm³/mol. The summed E-state index contributed by atoms with van der Waals surface area (Å²) in [6, 6.07) is 9.69. The second-order valence-corrected chi connectivity index (χ2v) is 3.68. The number of nitrogens with two attached hydrogens (primary N) is 1. The highest BCUT2D eigenvalue weighted by Crippen LogP contribution is 2.16. The molecule has 0 aliphatic carbocycles. The zero-order valence-corrected chi connectivity index (χ0v) is 9.30. The quantitative estimate of drug-likeness (QED) is 0.839. The van der Waals surface area contributed by atoms with Gasteiger partial charge in [0.2, 0.25) is 6.29 Å². The van der Waals surface area contributed by atoms with Gasteiger partial charge in [0.05, 0.1) is 6.04 Å². The molecule has 1 aliphatic heterocycles. The summed E-state index contributed by atoms with van der Waals surface area (Å²) in [5.41, 5.74) is 7.83. The molecule has 0 saturated carbocycles. The van der Waals surface area contributed by atoms with E-state index in [1.807, 2.05) is 37.3 Å². The highest BCUT2D eigenvalue weighted by atomic mass is 16.8. The van der Waals surface area contributed by atoms with Gasteiger partial charge in [-0.3, -0.25) is 0 Å². The number of benzene rings is 1. The van der Waals surface area contributed by atoms with E-state index in [9.17, 15) is 0 Å². The Balaban J connectivity index is 2.12. The van der Waals surface area contributed by atoms with Crippen molar-refractivity contribution >= 4 is 5.71 Å². The van der Waals surface area contributed by atoms with Crippen molar-refractivity contribution in [3.63, 3.8) is 0 Å². The van der Waals surface area contributed by atoms with Crippen LogP contribution in [0.15, 0.2) is 35.5 Å². The number of nitrogens with zero attached hydrogens (tertiary/aromatic N) is 1. The Morgan fingerprint density at radius 1 is 1.44 bits per heavy atom. The Kier molecular flexibility index (Phi) is 3.54. The molecule has 0 fully saturated rings. The van der Waals surface area contributed by atoms with Crippen LogP contribution in [-0.4, -0.2) is 24.7 Å². The van der Waals surface area contributed by atoms with Crippen LogP contribution in [0.2, 0.25) is 0 Å². The molecule has 0 amide bonds. The van der Waals surface area contributed by atoms with Gasteiger partial charge in [-0.1, -0.05) is 35.5 Å². The molecule has 4 heteroatoms. The lowest BCUT2D eigenvalue weighted by Gasteiger charge is -2.25. The Bertz CT molecular complexity index is 365. The monoisotopic (exact) mass is 220 g/mol. The highest BCUT2D eigenvalue weighted by molar-refractivity contribution is 6.04. The molecule has 0 saturated heterocycles. The van der Waals surface area contributed by atoms with Gasteiger partial charge in [0.1, 0.15) is 5.71 Å². The minimum absolute atomic E-state index is 0.132. The number of oxime groups is 1. The topological polar surface area (TPSA) is 56.8 Å². The van der Waals surface area contributed by atoms with Gasteiger partial charge in [-0.05, 0) is 6.92 Å². The Morgan fingerprint density at radius 2 is 2.19 bits per heavy atom. The number of hydrogen-bond donors (Lipinski definition) is 1. The summed E-state index contributed by atoms with van der Waals surface area (Å²) in [4.78, 5) is 5.24. The smallest absolute Gasteiger partial charge is 0.228 e. The van der Waals surface area contributed by atoms with Crippen LogP contribution in [0.5, 0.6) is 0 Å². The Hall–Kier alpha value is -1.39. The fraction of sp³-hybridized carbons (Fsp3) is 0.417. The van der Waals surface area contributed by atoms with Gasteiger partial charge in [-0.2, -0.15) is 0 Å². The molecule has 0 radical (unpaired) electrons. The van der Waals surface area contributed by atoms with Crippen molar-refractivity contribution in [1.29, 1.82) is 0 Å². The standard InChI is InChI=1S/C12H16N2O2/c1-2-15-11-8-10(13)12(14-16-11)9-6-4-3-5-7-9/h3-7,10-11H,2,8,13H2,1H3/t10-,11+/m0/s1. The van der Waals surface area contributed by atoms with Crippen LogP contribution in [0.4, 0.5) is 0 Å². The van der Waals surface area contributed by atoms with Crippen molar-refractivity contribution in [2.45, 2.75) is 25.7 Å². The fourth-order valence-electron chi connectivity index (χ4n) is 1.71. The molecule has 2 atom stereocenters. The molecule has 0 unspecified atom stereocenters. The summed E-state index contributed by atoms with van der Waals surface area (Å²) in [6.45, 7) is 2.53. The zero-order valence-electron chi connectivity index (χ0n) is 9.30. The predicted octanol–water partition coefficient (Wildman–Crippen LogP) is 1.50. The second kappa shape index (κ2) is 5.09. The molecular weight excluding hydrogens is 204 g/mol. The maximum absolute atomic E-state index is 6.04. The van der Waals surface area contributed by atoms with Crippen LogP contribution < -0.4 is 5.73 Å². The average Bonchev–Trinajstić information content (AvgIpc) is 2.31. The lowest BCUT2D eigenvalue weighted by molar-refractivity contribution is -0.149. The normalized spacial score (nSPS) is 24.8. The van der Waals surface area contributed by atoms with Crippen molar-refractivity contribution in [2.24, 2.45) is 10.9 Å². The summed E-state index contributed by atoms with van der Waals surface area (Å²) < 4.78 is 5.33. The third kappa shape index (κ3) is 2.40. The highest BCUT2D eigenvalue weighted by Gasteiger charge is 2.25. The van der Waals surface area contributed by atoms with Gasteiger partial charge in [0.25, 0.3) is 0 Å². The molecule has 1 aliphatic rings. The number of ether oxygens (including phenoxy) is 1. The average molecular weight is 220 g/mol. The van der Waals surface area contributed by atoms with E-state index in [0.29, 0.717) is 13.0 Å². The van der Waals surface area contributed by atoms with Gasteiger partial charge in [0, 0.05) is 18.6 Å². The molecule has 1 heterocycles. The molecule has 1 aromatic carbocycles. The maximum Gasteiger partial charge on any atom is 0.228 e. The first-order chi connectivity index (χ1) is 7.81. The van der Waals surface area contributed by atoms with Gasteiger partial charge in [-0.25, -0.2) is 0 Å². The van der Waals surface area contributed by atoms with E-state index in [0.717, 1.165) is 11.3 Å². The van der Waals surface area contributed by atoms with Gasteiger partial charge >= 0.3 is 0 Å². The van der Waals surface area contributed by atoms with E-state index in [2.05, 4.69) is 5.16 Å². The van der Waals surface area contributed by atoms with Crippen molar-refractivity contribution in [3.8, 4) is 0 Å². The number of rotatable bonds is 3. The fourth-order valence-corrected chi connectivity index (χ4v) is 1.71. The van der Waals surface area contributed by atoms with Crippen LogP contribution in [0.1, 0.15) is 18.9 Å². The van der Waals surface area contributed by atoms with Crippen molar-refractivity contribution in [1.82, 2.24) is 0 Å². The summed E-state index contributed by atoms with van der Waals surface area (Å²) >= 11 is 0. The zero-order chi connectivity index (χ0) is 11.4. The van der Waals surface area contributed by atoms with Crippen LogP contribution in [0, 0.1) is 0 Å². The van der Waals surface area contributed by atoms with E-state index in [4.69, 9.17) is 15.3 Å². The van der Waals surface area contributed by atoms with Gasteiger partial charge in [-0.15, -0.1) is 0 Å². The first-order valence-electron chi connectivity index (χ1n) is 5.47. The summed E-state index contributed by atoms with van der Waals surface area (Å²) in [5.74, 6) is 0. The first-order valence-corrected chi connectivity index (χ1v) is 5.47. The number of hydrogen-bond acceptors (Lipinski definition) is 4. The molecule has 0 bridgehead atoms. The van der Waals surface area contributed by atoms with E-state index in [1.165, 1.54) is 0 Å². The molecule has 0 aromatic heterocycles. The summed E-state index contributed by atoms with van der Waals surface area (Å²) in [5, 5.41) is 4.05. The summed E-state index contributed by atoms with van der Waals surface area (Å²) in [6.07, 6.45) is 0.328. The van der Waals surface area contributed by atoms with E-state index < -0.39 is 0 Å². The van der Waals surface area contributed by atoms with E-state index in [-0.39, 0.29) is 12.3 Å². The van der Waals surface area contributed by atoms with Crippen molar-refractivity contribution in [2.75, 3.05) is 6.61 Å². The first kappa shape index (κ1) is 11.1. The van der Waals surface area contributed by atoms with E-state index >= 15 is 0 Å². The van der Waals surface area contributed by atoms with Crippen molar-refractivity contribution < 1.29 is 9.57 Å². The summed E-state index contributed by atoms with van der Waals surface area (Å²) in [7, 11) is 0. The van der Waals surface area contributed by atoms with Gasteiger partial charge in [0.15, 0.2) is 0 Å². The van der Waals surface area contributed by atoms with Crippen LogP contribution in [0.25, 0.3) is 0 Å². The minimum atomic E-state index is -0.313. The third-order valence-electron chi connectivity index (χ3n) is 2.49. The molecule has 1 aromatic rings. The van der Waals surface area contributed by atoms with Crippen LogP contribution in [-0.2, 0) is 9.57 Å². The Labute approximate surface area is 95.0 Å². The molecule has 4 nitrogen and oxygen atoms in total. The van der Waals surface area contributed by atoms with Crippen LogP contribution >= 0.6 is 0 Å². The third-order valence-corrected chi connectivity index (χ3v) is 2.49. The lowest BCUT2D eigenvalue weighted by atomic mass is 10.0. The molecule has 2 N–H and O–H groups in total. The SMILES string of the molecule is CCO[C@H]1C[C@H](N)C(c2ccccc2)=NO1. The van der Waals surface area contributed by atoms with E-state index in [1.54, 1.807) is 0 Å². The molecular formula is C12H16N2O2. The molecule has 86 valence electrons. The molecule has 16 heavy (non-hydrogen) atoms. The van der Waals surface area contributed by atoms with Crippen LogP contribution in [0.3, 0.4) is 0 Å². The maximum atomic E-state index is 6.04. The molecule has 2 rings (SSSR count). The largest absolute Gasteiger partial charge is 0.363 e.